The number of rotatable bonds is 3. The van der Waals surface area contributed by atoms with Crippen LogP contribution in [-0.4, -0.2) is 28.9 Å². The molecule has 3 aromatic rings. The number of carbonyl (C=O) groups is 1. The molecule has 142 valence electrons. The number of benzene rings is 2. The Hall–Kier alpha value is -3.03. The van der Waals surface area contributed by atoms with Gasteiger partial charge in [-0.2, -0.15) is 9.78 Å². The van der Waals surface area contributed by atoms with E-state index in [0.29, 0.717) is 30.4 Å². The Balaban J connectivity index is 1.68. The molecule has 2 aromatic carbocycles. The Morgan fingerprint density at radius 2 is 1.82 bits per heavy atom. The van der Waals surface area contributed by atoms with Crippen molar-refractivity contribution in [1.29, 1.82) is 0 Å². The van der Waals surface area contributed by atoms with Crippen molar-refractivity contribution in [3.63, 3.8) is 0 Å². The van der Waals surface area contributed by atoms with E-state index in [-0.39, 0.29) is 21.3 Å². The lowest BCUT2D eigenvalue weighted by Gasteiger charge is -2.19. The van der Waals surface area contributed by atoms with Gasteiger partial charge >= 0.3 is 0 Å². The number of aromatic nitrogens is 2. The number of nitrogens with one attached hydrogen (secondary N) is 1. The third-order valence-corrected chi connectivity index (χ3v) is 4.80. The second kappa shape index (κ2) is 7.53. The Labute approximate surface area is 169 Å². The average molecular weight is 418 g/mol. The Morgan fingerprint density at radius 3 is 2.64 bits per heavy atom. The Morgan fingerprint density at radius 1 is 1.07 bits per heavy atom. The number of carbonyl (C=O) groups excluding carboxylic acids is 1. The zero-order chi connectivity index (χ0) is 19.7. The van der Waals surface area contributed by atoms with Crippen LogP contribution in [0.2, 0.25) is 10.0 Å². The van der Waals surface area contributed by atoms with Gasteiger partial charge in [-0.15, -0.1) is 0 Å². The molecule has 0 aliphatic carbocycles. The molecule has 1 amide bonds. The van der Waals surface area contributed by atoms with Crippen LogP contribution in [0.4, 0.5) is 5.69 Å². The summed E-state index contributed by atoms with van der Waals surface area (Å²) in [6, 6.07) is 11.7. The van der Waals surface area contributed by atoms with Gasteiger partial charge in [-0.1, -0.05) is 35.3 Å². The van der Waals surface area contributed by atoms with Crippen LogP contribution in [0.3, 0.4) is 0 Å². The van der Waals surface area contributed by atoms with Crippen molar-refractivity contribution in [3.8, 4) is 17.2 Å². The fraction of sp³-hybridized carbons (Fsp3) is 0.105. The molecule has 0 bridgehead atoms. The van der Waals surface area contributed by atoms with E-state index in [1.807, 2.05) is 0 Å². The van der Waals surface area contributed by atoms with E-state index in [9.17, 15) is 9.59 Å². The van der Waals surface area contributed by atoms with Crippen molar-refractivity contribution in [3.05, 3.63) is 74.6 Å². The topological polar surface area (TPSA) is 82.4 Å². The first-order chi connectivity index (χ1) is 13.5. The molecule has 0 radical (unpaired) electrons. The summed E-state index contributed by atoms with van der Waals surface area (Å²) in [6.07, 6.45) is 1.25. The summed E-state index contributed by atoms with van der Waals surface area (Å²) in [4.78, 5) is 25.3. The Bertz CT molecular complexity index is 1130. The van der Waals surface area contributed by atoms with Crippen molar-refractivity contribution in [2.75, 3.05) is 18.5 Å². The number of fused-ring (bicyclic) bond motifs is 1. The van der Waals surface area contributed by atoms with E-state index < -0.39 is 11.5 Å². The van der Waals surface area contributed by atoms with E-state index in [1.165, 1.54) is 6.20 Å². The molecule has 1 N–H and O–H groups in total. The molecule has 0 unspecified atom stereocenters. The number of anilines is 1. The van der Waals surface area contributed by atoms with Gasteiger partial charge in [0.1, 0.15) is 18.2 Å². The number of halogens is 2. The average Bonchev–Trinajstić information content (AvgIpc) is 2.72. The lowest BCUT2D eigenvalue weighted by atomic mass is 10.1. The zero-order valence-electron chi connectivity index (χ0n) is 14.3. The molecule has 1 aliphatic heterocycles. The molecule has 4 rings (SSSR count). The van der Waals surface area contributed by atoms with Gasteiger partial charge in [-0.3, -0.25) is 9.59 Å². The number of hydrogen-bond donors (Lipinski definition) is 1. The highest BCUT2D eigenvalue weighted by Crippen LogP contribution is 2.32. The Kier molecular flexibility index (Phi) is 4.93. The van der Waals surface area contributed by atoms with Gasteiger partial charge in [-0.05, 0) is 24.3 Å². The lowest BCUT2D eigenvalue weighted by Crippen LogP contribution is -2.25. The van der Waals surface area contributed by atoms with Gasteiger partial charge in [0.25, 0.3) is 11.5 Å². The molecule has 0 saturated heterocycles. The summed E-state index contributed by atoms with van der Waals surface area (Å²) in [6.45, 7) is 0.927. The summed E-state index contributed by atoms with van der Waals surface area (Å²) >= 11 is 11.8. The first kappa shape index (κ1) is 18.3. The van der Waals surface area contributed by atoms with E-state index >= 15 is 0 Å². The van der Waals surface area contributed by atoms with E-state index in [4.69, 9.17) is 32.7 Å². The van der Waals surface area contributed by atoms with Crippen LogP contribution >= 0.6 is 23.2 Å². The SMILES string of the molecule is O=C(Nc1ccc2c(c1)OCCO2)c1ccccc1-n1ncc(Cl)c(Cl)c1=O. The van der Waals surface area contributed by atoms with Gasteiger partial charge in [-0.25, -0.2) is 0 Å². The highest BCUT2D eigenvalue weighted by atomic mass is 35.5. The number of ether oxygens (including phenoxy) is 2. The van der Waals surface area contributed by atoms with E-state index in [0.717, 1.165) is 4.68 Å². The minimum absolute atomic E-state index is 0.0427. The van der Waals surface area contributed by atoms with Crippen LogP contribution < -0.4 is 20.3 Å². The van der Waals surface area contributed by atoms with Gasteiger partial charge in [0.2, 0.25) is 0 Å². The molecule has 0 saturated carbocycles. The normalized spacial score (nSPS) is 12.5. The quantitative estimate of drug-likeness (QED) is 0.704. The monoisotopic (exact) mass is 417 g/mol. The minimum atomic E-state index is -0.617. The van der Waals surface area contributed by atoms with Crippen LogP contribution in [0, 0.1) is 0 Å². The number of hydrogen-bond acceptors (Lipinski definition) is 5. The maximum atomic E-state index is 12.9. The summed E-state index contributed by atoms with van der Waals surface area (Å²) in [7, 11) is 0. The van der Waals surface area contributed by atoms with Crippen molar-refractivity contribution in [2.24, 2.45) is 0 Å². The fourth-order valence-corrected chi connectivity index (χ4v) is 3.01. The second-order valence-electron chi connectivity index (χ2n) is 5.85. The predicted molar refractivity (Wildman–Crippen MR) is 105 cm³/mol. The molecule has 1 aliphatic rings. The lowest BCUT2D eigenvalue weighted by molar-refractivity contribution is 0.102. The van der Waals surface area contributed by atoms with Crippen LogP contribution in [0.25, 0.3) is 5.69 Å². The molecule has 0 spiro atoms. The predicted octanol–water partition coefficient (Wildman–Crippen LogP) is 3.56. The maximum absolute atomic E-state index is 12.9. The van der Waals surface area contributed by atoms with Crippen molar-refractivity contribution < 1.29 is 14.3 Å². The van der Waals surface area contributed by atoms with Gasteiger partial charge in [0.05, 0.1) is 22.5 Å². The summed E-state index contributed by atoms with van der Waals surface area (Å²) in [5.41, 5.74) is 0.429. The highest BCUT2D eigenvalue weighted by Gasteiger charge is 2.18. The standard InChI is InChI=1S/C19H13Cl2N3O4/c20-13-10-22-24(19(26)17(13)21)14-4-2-1-3-12(14)18(25)23-11-5-6-15-16(9-11)28-8-7-27-15/h1-6,9-10H,7-8H2,(H,23,25). The van der Waals surface area contributed by atoms with Crippen LogP contribution in [0.1, 0.15) is 10.4 Å². The molecule has 0 fully saturated rings. The van der Waals surface area contributed by atoms with Crippen molar-refractivity contribution >= 4 is 34.8 Å². The van der Waals surface area contributed by atoms with E-state index in [1.54, 1.807) is 42.5 Å². The van der Waals surface area contributed by atoms with Crippen LogP contribution in [0.15, 0.2) is 53.5 Å². The largest absolute Gasteiger partial charge is 0.486 e. The third-order valence-electron chi connectivity index (χ3n) is 4.05. The number of amides is 1. The summed E-state index contributed by atoms with van der Waals surface area (Å²) < 4.78 is 12.0. The van der Waals surface area contributed by atoms with E-state index in [2.05, 4.69) is 10.4 Å². The smallest absolute Gasteiger partial charge is 0.291 e. The first-order valence-electron chi connectivity index (χ1n) is 8.28. The maximum Gasteiger partial charge on any atom is 0.291 e. The second-order valence-corrected chi connectivity index (χ2v) is 6.64. The summed E-state index contributed by atoms with van der Waals surface area (Å²) in [5.74, 6) is 0.753. The van der Waals surface area contributed by atoms with Crippen molar-refractivity contribution in [2.45, 2.75) is 0 Å². The van der Waals surface area contributed by atoms with Gasteiger partial charge in [0, 0.05) is 11.8 Å². The van der Waals surface area contributed by atoms with Crippen molar-refractivity contribution in [1.82, 2.24) is 9.78 Å². The molecular formula is C19H13Cl2N3O4. The van der Waals surface area contributed by atoms with Gasteiger partial charge < -0.3 is 14.8 Å². The highest BCUT2D eigenvalue weighted by molar-refractivity contribution is 6.41. The number of para-hydroxylation sites is 1. The number of nitrogens with zero attached hydrogens (tertiary/aromatic N) is 2. The molecule has 28 heavy (non-hydrogen) atoms. The van der Waals surface area contributed by atoms with Crippen LogP contribution in [-0.2, 0) is 0 Å². The summed E-state index contributed by atoms with van der Waals surface area (Å²) in [5, 5.41) is 6.65. The van der Waals surface area contributed by atoms with Crippen LogP contribution in [0.5, 0.6) is 11.5 Å². The molecule has 0 atom stereocenters. The third kappa shape index (κ3) is 3.42. The molecule has 2 heterocycles. The zero-order valence-corrected chi connectivity index (χ0v) is 15.8. The molecular weight excluding hydrogens is 405 g/mol. The minimum Gasteiger partial charge on any atom is -0.486 e. The molecule has 1 aromatic heterocycles. The fourth-order valence-electron chi connectivity index (χ4n) is 2.75. The van der Waals surface area contributed by atoms with Gasteiger partial charge in [0.15, 0.2) is 11.5 Å². The molecule has 7 nitrogen and oxygen atoms in total. The first-order valence-corrected chi connectivity index (χ1v) is 9.04. The molecule has 9 heteroatoms.